The van der Waals surface area contributed by atoms with E-state index in [1.807, 2.05) is 7.05 Å². The van der Waals surface area contributed by atoms with Crippen LogP contribution in [-0.2, 0) is 10.2 Å². The summed E-state index contributed by atoms with van der Waals surface area (Å²) < 4.78 is 5.66. The van der Waals surface area contributed by atoms with Gasteiger partial charge < -0.3 is 15.0 Å². The second-order valence-electron chi connectivity index (χ2n) is 8.39. The van der Waals surface area contributed by atoms with Gasteiger partial charge in [-0.15, -0.1) is 0 Å². The second-order valence-corrected chi connectivity index (χ2v) is 8.39. The van der Waals surface area contributed by atoms with E-state index in [0.717, 1.165) is 63.5 Å². The highest BCUT2D eigenvalue weighted by molar-refractivity contribution is 5.80. The summed E-state index contributed by atoms with van der Waals surface area (Å²) in [6, 6.07) is 10.9. The van der Waals surface area contributed by atoms with Gasteiger partial charge >= 0.3 is 0 Å². The molecule has 2 aliphatic heterocycles. The molecule has 0 amide bonds. The predicted molar refractivity (Wildman–Crippen MR) is 109 cm³/mol. The van der Waals surface area contributed by atoms with Crippen LogP contribution < -0.4 is 5.32 Å². The summed E-state index contributed by atoms with van der Waals surface area (Å²) in [5.74, 6) is 2.65. The van der Waals surface area contributed by atoms with E-state index in [2.05, 4.69) is 59.4 Å². The van der Waals surface area contributed by atoms with Crippen LogP contribution in [0.15, 0.2) is 35.3 Å². The van der Waals surface area contributed by atoms with E-state index in [9.17, 15) is 0 Å². The smallest absolute Gasteiger partial charge is 0.193 e. The van der Waals surface area contributed by atoms with Crippen molar-refractivity contribution in [1.29, 1.82) is 0 Å². The van der Waals surface area contributed by atoms with Gasteiger partial charge in [0.1, 0.15) is 0 Å². The van der Waals surface area contributed by atoms with Gasteiger partial charge in [0, 0.05) is 45.3 Å². The number of hydrogen-bond donors (Lipinski definition) is 1. The highest BCUT2D eigenvalue weighted by Crippen LogP contribution is 2.34. The average Bonchev–Trinajstić information content (AvgIpc) is 3.11. The van der Waals surface area contributed by atoms with Crippen molar-refractivity contribution < 1.29 is 4.74 Å². The maximum Gasteiger partial charge on any atom is 0.193 e. The lowest BCUT2D eigenvalue weighted by atomic mass is 9.74. The minimum absolute atomic E-state index is 0.145. The Bertz CT molecular complexity index is 578. The van der Waals surface area contributed by atoms with Crippen LogP contribution in [0, 0.1) is 11.8 Å². The molecule has 2 aliphatic rings. The van der Waals surface area contributed by atoms with E-state index in [1.165, 1.54) is 18.4 Å². The number of rotatable bonds is 5. The molecule has 0 saturated carbocycles. The van der Waals surface area contributed by atoms with E-state index < -0.39 is 0 Å². The molecule has 26 heavy (non-hydrogen) atoms. The molecule has 2 saturated heterocycles. The first-order valence-corrected chi connectivity index (χ1v) is 10.2. The highest BCUT2D eigenvalue weighted by atomic mass is 16.5. The zero-order valence-corrected chi connectivity index (χ0v) is 16.7. The molecule has 0 radical (unpaired) electrons. The third-order valence-electron chi connectivity index (χ3n) is 6.02. The third-order valence-corrected chi connectivity index (χ3v) is 6.02. The van der Waals surface area contributed by atoms with Gasteiger partial charge in [-0.2, -0.15) is 0 Å². The maximum atomic E-state index is 5.66. The van der Waals surface area contributed by atoms with Gasteiger partial charge in [0.15, 0.2) is 5.96 Å². The molecule has 4 nitrogen and oxygen atoms in total. The first-order valence-electron chi connectivity index (χ1n) is 10.2. The number of hydrogen-bond acceptors (Lipinski definition) is 2. The van der Waals surface area contributed by atoms with Crippen LogP contribution in [0.4, 0.5) is 0 Å². The largest absolute Gasteiger partial charge is 0.381 e. The average molecular weight is 358 g/mol. The van der Waals surface area contributed by atoms with Gasteiger partial charge in [-0.3, -0.25) is 4.99 Å². The zero-order chi connectivity index (χ0) is 18.4. The van der Waals surface area contributed by atoms with Crippen molar-refractivity contribution in [2.45, 2.75) is 44.9 Å². The summed E-state index contributed by atoms with van der Waals surface area (Å²) in [6.07, 6.45) is 4.74. The topological polar surface area (TPSA) is 36.9 Å². The number of ether oxygens (including phenoxy) is 1. The Balaban J connectivity index is 1.65. The van der Waals surface area contributed by atoms with E-state index in [1.54, 1.807) is 0 Å². The molecule has 1 N–H and O–H groups in total. The fourth-order valence-corrected chi connectivity index (χ4v) is 4.59. The third kappa shape index (κ3) is 4.59. The van der Waals surface area contributed by atoms with Gasteiger partial charge in [0.2, 0.25) is 0 Å². The second kappa shape index (κ2) is 8.90. The van der Waals surface area contributed by atoms with Crippen molar-refractivity contribution in [3.63, 3.8) is 0 Å². The first-order chi connectivity index (χ1) is 12.6. The van der Waals surface area contributed by atoms with Crippen molar-refractivity contribution >= 4 is 5.96 Å². The van der Waals surface area contributed by atoms with E-state index in [-0.39, 0.29) is 5.41 Å². The van der Waals surface area contributed by atoms with Gasteiger partial charge in [0.05, 0.1) is 0 Å². The van der Waals surface area contributed by atoms with Gasteiger partial charge in [-0.1, -0.05) is 44.2 Å². The van der Waals surface area contributed by atoms with Crippen LogP contribution in [-0.4, -0.2) is 50.8 Å². The van der Waals surface area contributed by atoms with Crippen molar-refractivity contribution in [2.75, 3.05) is 39.9 Å². The molecule has 0 aromatic heterocycles. The zero-order valence-electron chi connectivity index (χ0n) is 16.7. The summed E-state index contributed by atoms with van der Waals surface area (Å²) in [6.45, 7) is 9.52. The fraction of sp³-hybridized carbons (Fsp3) is 0.682. The molecule has 1 atom stereocenters. The molecule has 0 bridgehead atoms. The van der Waals surface area contributed by atoms with Gasteiger partial charge in [-0.05, 0) is 43.1 Å². The lowest BCUT2D eigenvalue weighted by Gasteiger charge is -2.39. The Morgan fingerprint density at radius 2 is 2.00 bits per heavy atom. The maximum absolute atomic E-state index is 5.66. The number of guanidine groups is 1. The lowest BCUT2D eigenvalue weighted by molar-refractivity contribution is 0.0512. The molecule has 3 rings (SSSR count). The quantitative estimate of drug-likeness (QED) is 0.645. The fourth-order valence-electron chi connectivity index (χ4n) is 4.59. The predicted octanol–water partition coefficient (Wildman–Crippen LogP) is 3.68. The number of nitrogens with zero attached hydrogens (tertiary/aromatic N) is 2. The molecule has 1 unspecified atom stereocenters. The Hall–Kier alpha value is -1.55. The molecule has 2 fully saturated rings. The summed E-state index contributed by atoms with van der Waals surface area (Å²) in [7, 11) is 1.91. The van der Waals surface area contributed by atoms with Crippen LogP contribution >= 0.6 is 0 Å². The van der Waals surface area contributed by atoms with Gasteiger partial charge in [-0.25, -0.2) is 0 Å². The standard InChI is InChI=1S/C22H35N3O/c1-18(2)15-19-9-12-25(16-19)21(23-3)24-17-22(10-13-26-14-11-22)20-7-5-4-6-8-20/h4-8,18-19H,9-17H2,1-3H3,(H,23,24). The number of likely N-dealkylation sites (tertiary alicyclic amines) is 1. The first kappa shape index (κ1) is 19.2. The van der Waals surface area contributed by atoms with E-state index in [4.69, 9.17) is 4.74 Å². The normalized spacial score (nSPS) is 23.5. The van der Waals surface area contributed by atoms with Crippen molar-refractivity contribution in [1.82, 2.24) is 10.2 Å². The summed E-state index contributed by atoms with van der Waals surface area (Å²) >= 11 is 0. The highest BCUT2D eigenvalue weighted by Gasteiger charge is 2.35. The van der Waals surface area contributed by atoms with Crippen LogP contribution in [0.1, 0.15) is 45.1 Å². The molecule has 0 spiro atoms. The SMILES string of the molecule is CN=C(NCC1(c2ccccc2)CCOCC1)N1CCC(CC(C)C)C1. The molecular weight excluding hydrogens is 322 g/mol. The molecule has 144 valence electrons. The van der Waals surface area contributed by atoms with Crippen LogP contribution in [0.3, 0.4) is 0 Å². The minimum Gasteiger partial charge on any atom is -0.381 e. The monoisotopic (exact) mass is 357 g/mol. The van der Waals surface area contributed by atoms with Crippen molar-refractivity contribution in [3.8, 4) is 0 Å². The summed E-state index contributed by atoms with van der Waals surface area (Å²) in [5.41, 5.74) is 1.57. The summed E-state index contributed by atoms with van der Waals surface area (Å²) in [4.78, 5) is 7.04. The van der Waals surface area contributed by atoms with E-state index >= 15 is 0 Å². The summed E-state index contributed by atoms with van der Waals surface area (Å²) in [5, 5.41) is 3.71. The Kier molecular flexibility index (Phi) is 6.58. The van der Waals surface area contributed by atoms with Crippen LogP contribution in [0.5, 0.6) is 0 Å². The Morgan fingerprint density at radius 3 is 2.65 bits per heavy atom. The van der Waals surface area contributed by atoms with Crippen molar-refractivity contribution in [2.24, 2.45) is 16.8 Å². The van der Waals surface area contributed by atoms with Crippen LogP contribution in [0.25, 0.3) is 0 Å². The molecular formula is C22H35N3O. The minimum atomic E-state index is 0.145. The van der Waals surface area contributed by atoms with Crippen molar-refractivity contribution in [3.05, 3.63) is 35.9 Å². The Morgan fingerprint density at radius 1 is 1.27 bits per heavy atom. The molecule has 1 aromatic rings. The van der Waals surface area contributed by atoms with Gasteiger partial charge in [0.25, 0.3) is 0 Å². The Labute approximate surface area is 159 Å². The lowest BCUT2D eigenvalue weighted by Crippen LogP contribution is -2.48. The molecule has 1 aromatic carbocycles. The van der Waals surface area contributed by atoms with E-state index in [0.29, 0.717) is 0 Å². The molecule has 4 heteroatoms. The molecule has 0 aliphatic carbocycles. The number of benzene rings is 1. The number of nitrogens with one attached hydrogen (secondary N) is 1. The van der Waals surface area contributed by atoms with Crippen LogP contribution in [0.2, 0.25) is 0 Å². The molecule has 2 heterocycles. The number of aliphatic imine (C=N–C) groups is 1.